The number of carbonyl (C=O) groups is 1. The van der Waals surface area contributed by atoms with Gasteiger partial charge in [-0.1, -0.05) is 38.3 Å². The van der Waals surface area contributed by atoms with Gasteiger partial charge in [0.05, 0.1) is 18.2 Å². The highest BCUT2D eigenvalue weighted by Gasteiger charge is 2.38. The molecule has 2 aliphatic rings. The molecular formula is C16H22F3NO2. The first-order chi connectivity index (χ1) is 10.4. The van der Waals surface area contributed by atoms with Crippen LogP contribution in [0.1, 0.15) is 45.4 Å². The van der Waals surface area contributed by atoms with Gasteiger partial charge in [-0.05, 0) is 25.3 Å². The summed E-state index contributed by atoms with van der Waals surface area (Å²) < 4.78 is 43.6. The van der Waals surface area contributed by atoms with E-state index in [1.807, 2.05) is 0 Å². The predicted molar refractivity (Wildman–Crippen MR) is 77.4 cm³/mol. The van der Waals surface area contributed by atoms with Gasteiger partial charge in [-0.3, -0.25) is 4.90 Å². The van der Waals surface area contributed by atoms with E-state index in [-0.39, 0.29) is 6.10 Å². The predicted octanol–water partition coefficient (Wildman–Crippen LogP) is 4.59. The van der Waals surface area contributed by atoms with Crippen molar-refractivity contribution in [2.75, 3.05) is 6.54 Å². The van der Waals surface area contributed by atoms with Crippen LogP contribution in [0, 0.1) is 0 Å². The first-order valence-electron chi connectivity index (χ1n) is 7.84. The van der Waals surface area contributed by atoms with Crippen LogP contribution < -0.4 is 0 Å². The number of halogens is 3. The Balaban J connectivity index is 1.91. The van der Waals surface area contributed by atoms with Gasteiger partial charge in [-0.15, -0.1) is 0 Å². The Bertz CT molecular complexity index is 457. The second kappa shape index (κ2) is 7.20. The van der Waals surface area contributed by atoms with Crippen LogP contribution in [-0.2, 0) is 4.74 Å². The molecule has 124 valence electrons. The molecule has 1 aliphatic carbocycles. The zero-order chi connectivity index (χ0) is 16.2. The van der Waals surface area contributed by atoms with E-state index in [9.17, 15) is 18.0 Å². The maximum Gasteiger partial charge on any atom is 0.416 e. The van der Waals surface area contributed by atoms with Crippen LogP contribution in [-0.4, -0.2) is 35.9 Å². The van der Waals surface area contributed by atoms with Crippen LogP contribution >= 0.6 is 0 Å². The molecule has 1 aliphatic heterocycles. The van der Waals surface area contributed by atoms with Gasteiger partial charge < -0.3 is 4.74 Å². The van der Waals surface area contributed by atoms with Crippen molar-refractivity contribution in [3.05, 3.63) is 23.8 Å². The second-order valence-corrected chi connectivity index (χ2v) is 5.83. The van der Waals surface area contributed by atoms with Gasteiger partial charge in [0.25, 0.3) is 0 Å². The average Bonchev–Trinajstić information content (AvgIpc) is 2.84. The van der Waals surface area contributed by atoms with Crippen molar-refractivity contribution < 1.29 is 22.7 Å². The van der Waals surface area contributed by atoms with E-state index in [4.69, 9.17) is 4.74 Å². The summed E-state index contributed by atoms with van der Waals surface area (Å²) in [5.74, 6) is 0. The molecule has 0 aromatic rings. The van der Waals surface area contributed by atoms with Gasteiger partial charge in [-0.25, -0.2) is 4.79 Å². The molecule has 0 radical (unpaired) electrons. The molecule has 0 N–H and O–H groups in total. The lowest BCUT2D eigenvalue weighted by atomic mass is 10.0. The van der Waals surface area contributed by atoms with Crippen LogP contribution in [0.5, 0.6) is 0 Å². The van der Waals surface area contributed by atoms with Gasteiger partial charge in [-0.2, -0.15) is 13.2 Å². The van der Waals surface area contributed by atoms with E-state index in [1.165, 1.54) is 11.0 Å². The lowest BCUT2D eigenvalue weighted by molar-refractivity contribution is -0.0890. The number of allylic oxidation sites excluding steroid dienone is 2. The zero-order valence-corrected chi connectivity index (χ0v) is 12.7. The highest BCUT2D eigenvalue weighted by molar-refractivity contribution is 5.71. The van der Waals surface area contributed by atoms with E-state index in [2.05, 4.69) is 6.92 Å². The Morgan fingerprint density at radius 1 is 1.32 bits per heavy atom. The van der Waals surface area contributed by atoms with Crippen molar-refractivity contribution in [2.45, 2.75) is 63.8 Å². The number of unbranched alkanes of at least 4 members (excludes halogenated alkanes) is 3. The molecule has 0 saturated carbocycles. The molecule has 3 nitrogen and oxygen atoms in total. The van der Waals surface area contributed by atoms with E-state index in [0.717, 1.165) is 44.3 Å². The van der Waals surface area contributed by atoms with E-state index in [1.54, 1.807) is 0 Å². The van der Waals surface area contributed by atoms with E-state index < -0.39 is 23.9 Å². The third-order valence-electron chi connectivity index (χ3n) is 4.06. The Hall–Kier alpha value is -1.46. The summed E-state index contributed by atoms with van der Waals surface area (Å²) in [6, 6.07) is -0.560. The molecule has 1 fully saturated rings. The smallest absolute Gasteiger partial charge is 0.416 e. The van der Waals surface area contributed by atoms with Crippen molar-refractivity contribution in [2.24, 2.45) is 0 Å². The molecule has 0 bridgehead atoms. The Labute approximate surface area is 128 Å². The second-order valence-electron chi connectivity index (χ2n) is 5.83. The summed E-state index contributed by atoms with van der Waals surface area (Å²) in [4.78, 5) is 13.3. The quantitative estimate of drug-likeness (QED) is 0.670. The number of hydrogen-bond acceptors (Lipinski definition) is 2. The number of rotatable bonds is 6. The minimum absolute atomic E-state index is 0.196. The van der Waals surface area contributed by atoms with Crippen molar-refractivity contribution in [3.8, 4) is 0 Å². The number of cyclic esters (lactones) is 1. The number of ether oxygens (including phenoxy) is 1. The number of carbonyl (C=O) groups excluding carboxylic acids is 1. The van der Waals surface area contributed by atoms with E-state index in [0.29, 0.717) is 13.0 Å². The molecule has 0 aromatic heterocycles. The minimum atomic E-state index is -4.38. The Kier molecular flexibility index (Phi) is 5.53. The Morgan fingerprint density at radius 2 is 2.09 bits per heavy atom. The van der Waals surface area contributed by atoms with Gasteiger partial charge in [0, 0.05) is 0 Å². The summed E-state index contributed by atoms with van der Waals surface area (Å²) in [5, 5.41) is 0. The van der Waals surface area contributed by atoms with Gasteiger partial charge in [0.15, 0.2) is 0 Å². The lowest BCUT2D eigenvalue weighted by Gasteiger charge is -2.25. The van der Waals surface area contributed by atoms with Crippen LogP contribution in [0.4, 0.5) is 18.0 Å². The fourth-order valence-corrected chi connectivity index (χ4v) is 2.83. The molecule has 0 aromatic carbocycles. The number of amides is 1. The third kappa shape index (κ3) is 4.27. The first-order valence-corrected chi connectivity index (χ1v) is 7.84. The molecule has 2 rings (SSSR count). The number of alkyl halides is 3. The normalized spacial score (nSPS) is 25.4. The zero-order valence-electron chi connectivity index (χ0n) is 12.7. The SMILES string of the molecule is CCCCCCC1CN(C2C=C(C(F)(F)F)C=CC2)C(=O)O1. The summed E-state index contributed by atoms with van der Waals surface area (Å²) >= 11 is 0. The molecule has 22 heavy (non-hydrogen) atoms. The van der Waals surface area contributed by atoms with Crippen LogP contribution in [0.25, 0.3) is 0 Å². The standard InChI is InChI=1S/C16H22F3NO2/c1-2-3-4-5-9-14-11-20(15(21)22-14)13-8-6-7-12(10-13)16(17,18)19/h6-7,10,13-14H,2-5,8-9,11H2,1H3. The number of nitrogens with zero attached hydrogens (tertiary/aromatic N) is 1. The van der Waals surface area contributed by atoms with Crippen molar-refractivity contribution in [3.63, 3.8) is 0 Å². The lowest BCUT2D eigenvalue weighted by Crippen LogP contribution is -2.36. The fourth-order valence-electron chi connectivity index (χ4n) is 2.83. The summed E-state index contributed by atoms with van der Waals surface area (Å²) in [6.45, 7) is 2.50. The molecule has 1 heterocycles. The maximum atomic E-state index is 12.8. The summed E-state index contributed by atoms with van der Waals surface area (Å²) in [6.07, 6.45) is 4.12. The highest BCUT2D eigenvalue weighted by atomic mass is 19.4. The summed E-state index contributed by atoms with van der Waals surface area (Å²) in [5.41, 5.74) is -0.692. The fraction of sp³-hybridized carbons (Fsp3) is 0.688. The summed E-state index contributed by atoms with van der Waals surface area (Å²) in [7, 11) is 0. The minimum Gasteiger partial charge on any atom is -0.444 e. The molecule has 2 unspecified atom stereocenters. The topological polar surface area (TPSA) is 29.5 Å². The van der Waals surface area contributed by atoms with Crippen LogP contribution in [0.3, 0.4) is 0 Å². The first kappa shape index (κ1) is 16.9. The third-order valence-corrected chi connectivity index (χ3v) is 4.06. The van der Waals surface area contributed by atoms with Crippen molar-refractivity contribution >= 4 is 6.09 Å². The monoisotopic (exact) mass is 317 g/mol. The molecule has 1 saturated heterocycles. The van der Waals surface area contributed by atoms with Crippen molar-refractivity contribution in [1.82, 2.24) is 4.90 Å². The molecule has 1 amide bonds. The van der Waals surface area contributed by atoms with E-state index >= 15 is 0 Å². The maximum absolute atomic E-state index is 12.8. The highest BCUT2D eigenvalue weighted by Crippen LogP contribution is 2.32. The molecular weight excluding hydrogens is 295 g/mol. The van der Waals surface area contributed by atoms with Crippen LogP contribution in [0.15, 0.2) is 23.8 Å². The van der Waals surface area contributed by atoms with Crippen molar-refractivity contribution in [1.29, 1.82) is 0 Å². The van der Waals surface area contributed by atoms with Gasteiger partial charge in [0.1, 0.15) is 6.10 Å². The number of hydrogen-bond donors (Lipinski definition) is 0. The van der Waals surface area contributed by atoms with Crippen LogP contribution in [0.2, 0.25) is 0 Å². The van der Waals surface area contributed by atoms with Gasteiger partial charge in [0.2, 0.25) is 0 Å². The van der Waals surface area contributed by atoms with Gasteiger partial charge >= 0.3 is 12.3 Å². The average molecular weight is 317 g/mol. The largest absolute Gasteiger partial charge is 0.444 e. The Morgan fingerprint density at radius 3 is 2.77 bits per heavy atom. The molecule has 6 heteroatoms. The molecule has 0 spiro atoms. The molecule has 2 atom stereocenters.